The van der Waals surface area contributed by atoms with Crippen LogP contribution >= 0.6 is 0 Å². The Bertz CT molecular complexity index is 2240. The summed E-state index contributed by atoms with van der Waals surface area (Å²) < 4.78 is 23.0. The number of nitrogens with zero attached hydrogens (tertiary/aromatic N) is 6. The Morgan fingerprint density at radius 1 is 0.857 bits per heavy atom. The number of amidine groups is 1. The van der Waals surface area contributed by atoms with Crippen molar-refractivity contribution in [1.29, 1.82) is 0 Å². The summed E-state index contributed by atoms with van der Waals surface area (Å²) in [6.07, 6.45) is -0.0434. The van der Waals surface area contributed by atoms with Gasteiger partial charge in [0.25, 0.3) is 11.6 Å². The van der Waals surface area contributed by atoms with E-state index in [0.29, 0.717) is 29.7 Å². The fraction of sp³-hybridized carbons (Fsp3) is 0.500. The van der Waals surface area contributed by atoms with Gasteiger partial charge in [-0.1, -0.05) is 24.3 Å². The molecule has 0 saturated carbocycles. The zero-order valence-electron chi connectivity index (χ0n) is 37.3. The molecule has 338 valence electrons. The van der Waals surface area contributed by atoms with Gasteiger partial charge in [0.1, 0.15) is 29.4 Å². The van der Waals surface area contributed by atoms with Crippen LogP contribution in [0.4, 0.5) is 20.1 Å². The fourth-order valence-electron chi connectivity index (χ4n) is 7.14. The van der Waals surface area contributed by atoms with Crippen LogP contribution in [0.5, 0.6) is 0 Å². The fourth-order valence-corrected chi connectivity index (χ4v) is 7.14. The van der Waals surface area contributed by atoms with E-state index in [1.807, 2.05) is 0 Å². The quantitative estimate of drug-likeness (QED) is 0.0550. The number of carbonyl (C=O) groups excluding carboxylic acids is 6. The maximum absolute atomic E-state index is 14.7. The molecule has 1 N–H and O–H groups in total. The number of hydrogen-bond donors (Lipinski definition) is 1. The second kappa shape index (κ2) is 18.8. The van der Waals surface area contributed by atoms with E-state index in [-0.39, 0.29) is 54.4 Å². The lowest BCUT2D eigenvalue weighted by Crippen LogP contribution is -2.53. The monoisotopic (exact) mass is 873 g/mol. The maximum Gasteiger partial charge on any atom is 0.436 e. The van der Waals surface area contributed by atoms with Crippen molar-refractivity contribution in [3.8, 4) is 0 Å². The van der Waals surface area contributed by atoms with Crippen LogP contribution in [0.3, 0.4) is 0 Å². The highest BCUT2D eigenvalue weighted by molar-refractivity contribution is 6.18. The number of benzene rings is 2. The molecule has 19 nitrogen and oxygen atoms in total. The number of rotatable bonds is 10. The average Bonchev–Trinajstić information content (AvgIpc) is 3.71. The van der Waals surface area contributed by atoms with Gasteiger partial charge < -0.3 is 29.2 Å². The van der Waals surface area contributed by atoms with Crippen LogP contribution in [-0.4, -0.2) is 102 Å². The van der Waals surface area contributed by atoms with Crippen molar-refractivity contribution in [3.63, 3.8) is 0 Å². The number of hydrogen-bond acceptors (Lipinski definition) is 13. The van der Waals surface area contributed by atoms with Crippen LogP contribution in [0.2, 0.25) is 0 Å². The molecule has 0 spiro atoms. The highest BCUT2D eigenvalue weighted by Crippen LogP contribution is 2.44. The van der Waals surface area contributed by atoms with E-state index in [2.05, 4.69) is 15.4 Å². The highest BCUT2D eigenvalue weighted by Gasteiger charge is 2.46. The Morgan fingerprint density at radius 2 is 1.43 bits per heavy atom. The summed E-state index contributed by atoms with van der Waals surface area (Å²) in [5, 5.41) is 18.9. The molecule has 2 unspecified atom stereocenters. The maximum atomic E-state index is 14.7. The summed E-state index contributed by atoms with van der Waals surface area (Å²) in [7, 11) is 0. The van der Waals surface area contributed by atoms with E-state index in [4.69, 9.17) is 18.9 Å². The SMILES string of the molecule is CCOC(=O)Cn1cc2c(n1)CC1CCC2N1C(=O)[C@H](Cc1ccc([N+](=O)[O-])cc1)NC(=O)c1ccc(C(=NC(=O)OC(C)(C)C)N(C(=O)OC(C)(C)C)C(=O)OC(C)(C)C)cc1. The number of imide groups is 1. The number of ether oxygens (including phenoxy) is 4. The number of non-ortho nitro benzene ring substituents is 1. The van der Waals surface area contributed by atoms with Crippen molar-refractivity contribution in [3.05, 3.63) is 92.8 Å². The molecule has 3 heterocycles. The lowest BCUT2D eigenvalue weighted by molar-refractivity contribution is -0.384. The Morgan fingerprint density at radius 3 is 1.97 bits per heavy atom. The first-order valence-corrected chi connectivity index (χ1v) is 20.6. The van der Waals surface area contributed by atoms with Crippen LogP contribution < -0.4 is 5.32 Å². The zero-order valence-corrected chi connectivity index (χ0v) is 37.3. The molecule has 3 aromatic rings. The largest absolute Gasteiger partial charge is 0.465 e. The number of amides is 5. The summed E-state index contributed by atoms with van der Waals surface area (Å²) in [5.74, 6) is -2.00. The van der Waals surface area contributed by atoms with Crippen molar-refractivity contribution >= 4 is 47.6 Å². The number of fused-ring (bicyclic) bond motifs is 4. The third-order valence-electron chi connectivity index (χ3n) is 9.56. The van der Waals surface area contributed by atoms with Crippen LogP contribution in [-0.2, 0) is 47.9 Å². The topological polar surface area (TPSA) is 231 Å². The Balaban J connectivity index is 1.48. The third-order valence-corrected chi connectivity index (χ3v) is 9.56. The summed E-state index contributed by atoms with van der Waals surface area (Å²) in [4.78, 5) is 98.6. The minimum atomic E-state index is -1.20. The molecule has 2 bridgehead atoms. The van der Waals surface area contributed by atoms with Gasteiger partial charge in [-0.25, -0.2) is 14.4 Å². The highest BCUT2D eigenvalue weighted by atomic mass is 16.6. The van der Waals surface area contributed by atoms with E-state index in [0.717, 1.165) is 11.3 Å². The van der Waals surface area contributed by atoms with Gasteiger partial charge in [0, 0.05) is 53.9 Å². The number of esters is 1. The number of nitrogens with one attached hydrogen (secondary N) is 1. The van der Waals surface area contributed by atoms with Crippen molar-refractivity contribution in [1.82, 2.24) is 24.9 Å². The molecule has 19 heteroatoms. The molecule has 5 amide bonds. The Hall–Kier alpha value is -6.66. The average molecular weight is 874 g/mol. The number of carbonyl (C=O) groups is 6. The predicted molar refractivity (Wildman–Crippen MR) is 227 cm³/mol. The van der Waals surface area contributed by atoms with E-state index in [1.54, 1.807) is 80.3 Å². The summed E-state index contributed by atoms with van der Waals surface area (Å²) in [6, 6.07) is 9.36. The molecule has 2 aromatic carbocycles. The second-order valence-electron chi connectivity index (χ2n) is 18.2. The van der Waals surface area contributed by atoms with E-state index < -0.39 is 63.8 Å². The van der Waals surface area contributed by atoms with Gasteiger partial charge in [-0.15, -0.1) is 0 Å². The van der Waals surface area contributed by atoms with Crippen LogP contribution in [0.1, 0.15) is 121 Å². The van der Waals surface area contributed by atoms with E-state index >= 15 is 0 Å². The van der Waals surface area contributed by atoms with Gasteiger partial charge in [0.15, 0.2) is 5.84 Å². The molecule has 1 fully saturated rings. The number of nitro benzene ring substituents is 1. The Labute approximate surface area is 365 Å². The van der Waals surface area contributed by atoms with Gasteiger partial charge in [-0.2, -0.15) is 15.0 Å². The summed E-state index contributed by atoms with van der Waals surface area (Å²) >= 11 is 0. The first-order valence-electron chi connectivity index (χ1n) is 20.6. The summed E-state index contributed by atoms with van der Waals surface area (Å²) in [6.45, 7) is 16.2. The molecular weight excluding hydrogens is 819 g/mol. The van der Waals surface area contributed by atoms with E-state index in [1.165, 1.54) is 53.2 Å². The number of nitro groups is 1. The minimum absolute atomic E-state index is 0.0149. The molecule has 2 aliphatic rings. The van der Waals surface area contributed by atoms with Crippen LogP contribution in [0, 0.1) is 10.1 Å². The van der Waals surface area contributed by atoms with Crippen molar-refractivity contribution in [2.45, 2.75) is 136 Å². The number of aromatic nitrogens is 2. The van der Waals surface area contributed by atoms with Crippen molar-refractivity contribution in [2.24, 2.45) is 4.99 Å². The molecule has 2 aliphatic heterocycles. The normalized spacial score (nSPS) is 16.6. The molecular formula is C44H55N7O12. The van der Waals surface area contributed by atoms with Gasteiger partial charge >= 0.3 is 24.2 Å². The Kier molecular flexibility index (Phi) is 14.1. The third kappa shape index (κ3) is 12.5. The minimum Gasteiger partial charge on any atom is -0.465 e. The zero-order chi connectivity index (χ0) is 46.6. The van der Waals surface area contributed by atoms with Crippen molar-refractivity contribution < 1.29 is 52.6 Å². The predicted octanol–water partition coefficient (Wildman–Crippen LogP) is 6.84. The lowest BCUT2D eigenvalue weighted by Gasteiger charge is -2.37. The smallest absolute Gasteiger partial charge is 0.436 e. The van der Waals surface area contributed by atoms with E-state index in [9.17, 15) is 38.9 Å². The number of aliphatic imine (C=N–C) groups is 1. The molecule has 0 aliphatic carbocycles. The first-order chi connectivity index (χ1) is 29.3. The van der Waals surface area contributed by atoms with Gasteiger partial charge in [0.2, 0.25) is 5.91 Å². The molecule has 63 heavy (non-hydrogen) atoms. The van der Waals surface area contributed by atoms with Crippen LogP contribution in [0.15, 0.2) is 59.7 Å². The van der Waals surface area contributed by atoms with Gasteiger partial charge in [0.05, 0.1) is 23.3 Å². The second-order valence-corrected chi connectivity index (χ2v) is 18.2. The lowest BCUT2D eigenvalue weighted by atomic mass is 9.97. The molecule has 5 rings (SSSR count). The molecule has 1 saturated heterocycles. The van der Waals surface area contributed by atoms with Gasteiger partial charge in [-0.05, 0) is 99.8 Å². The molecule has 0 radical (unpaired) electrons. The van der Waals surface area contributed by atoms with Gasteiger partial charge in [-0.3, -0.25) is 29.2 Å². The summed E-state index contributed by atoms with van der Waals surface area (Å²) in [5.41, 5.74) is -1.10. The molecule has 3 atom stereocenters. The first kappa shape index (κ1) is 47.4. The standard InChI is InChI=1S/C44H55N7O12/c1-11-60-35(52)25-48-24-31-32(47-48)23-30-20-21-34(31)49(30)38(54)33(22-26-12-18-29(19-13-26)51(58)59)45-37(53)28-16-14-27(15-17-28)36(46-39(55)61-42(2,3)4)50(40(56)62-43(5,6)7)41(57)63-44(8,9)10/h12-19,24,30,33-34H,11,20-23,25H2,1-10H3,(H,45,53)/t30?,33-,34?/m0/s1. The molecule has 1 aromatic heterocycles. The van der Waals surface area contributed by atoms with Crippen LogP contribution in [0.25, 0.3) is 0 Å². The van der Waals surface area contributed by atoms with Crippen molar-refractivity contribution in [2.75, 3.05) is 6.61 Å².